The fourth-order valence-corrected chi connectivity index (χ4v) is 3.72. The monoisotopic (exact) mass is 264 g/mol. The molecule has 0 aliphatic heterocycles. The Kier molecular flexibility index (Phi) is 6.58. The Balaban J connectivity index is 4.19. The highest BCUT2D eigenvalue weighted by Crippen LogP contribution is 2.18. The molecule has 5 heteroatoms. The number of rotatable bonds is 7. The van der Waals surface area contributed by atoms with Crippen molar-refractivity contribution in [2.75, 3.05) is 0 Å². The first kappa shape index (κ1) is 15.6. The van der Waals surface area contributed by atoms with E-state index in [0.29, 0.717) is 0 Å². The zero-order chi connectivity index (χ0) is 12.1. The first-order valence-corrected chi connectivity index (χ1v) is 14.2. The summed E-state index contributed by atoms with van der Waals surface area (Å²) < 4.78 is 12.2. The van der Waals surface area contributed by atoms with Crippen molar-refractivity contribution in [2.24, 2.45) is 0 Å². The highest BCUT2D eigenvalue weighted by molar-refractivity contribution is 6.70. The van der Waals surface area contributed by atoms with Gasteiger partial charge in [-0.15, -0.1) is 0 Å². The van der Waals surface area contributed by atoms with Crippen LogP contribution in [-0.2, 0) is 8.85 Å². The van der Waals surface area contributed by atoms with Gasteiger partial charge < -0.3 is 8.85 Å². The van der Waals surface area contributed by atoms with Crippen LogP contribution >= 0.6 is 0 Å². The van der Waals surface area contributed by atoms with Gasteiger partial charge in [0.2, 0.25) is 0 Å². The fraction of sp³-hybridized carbons (Fsp3) is 1.00. The van der Waals surface area contributed by atoms with E-state index in [-0.39, 0.29) is 6.29 Å². The van der Waals surface area contributed by atoms with Crippen molar-refractivity contribution < 1.29 is 8.85 Å². The maximum Gasteiger partial charge on any atom is 0.187 e. The molecule has 0 heterocycles. The topological polar surface area (TPSA) is 18.5 Å². The van der Waals surface area contributed by atoms with Gasteiger partial charge in [-0.3, -0.25) is 0 Å². The summed E-state index contributed by atoms with van der Waals surface area (Å²) >= 11 is 0. The summed E-state index contributed by atoms with van der Waals surface area (Å²) in [5, 5.41) is 0. The number of hydrogen-bond acceptors (Lipinski definition) is 2. The van der Waals surface area contributed by atoms with E-state index in [2.05, 4.69) is 39.3 Å². The van der Waals surface area contributed by atoms with Gasteiger partial charge in [-0.1, -0.05) is 12.5 Å². The molecule has 0 spiro atoms. The summed E-state index contributed by atoms with van der Waals surface area (Å²) in [7, 11) is -1.63. The summed E-state index contributed by atoms with van der Waals surface area (Å²) in [4.78, 5) is 0. The molecule has 2 nitrogen and oxygen atoms in total. The lowest BCUT2D eigenvalue weighted by atomic mass is 10.3. The van der Waals surface area contributed by atoms with Crippen LogP contribution in [0.25, 0.3) is 0 Å². The van der Waals surface area contributed by atoms with E-state index in [0.717, 1.165) is 6.42 Å². The molecule has 0 radical (unpaired) electrons. The quantitative estimate of drug-likeness (QED) is 0.520. The minimum atomic E-state index is -1.46. The van der Waals surface area contributed by atoms with Gasteiger partial charge in [0.25, 0.3) is 0 Å². The second-order valence-corrected chi connectivity index (χ2v) is 16.0. The molecular weight excluding hydrogens is 236 g/mol. The average Bonchev–Trinajstić information content (AvgIpc) is 1.94. The van der Waals surface area contributed by atoms with Crippen LogP contribution in [-0.4, -0.2) is 33.2 Å². The van der Waals surface area contributed by atoms with E-state index >= 15 is 0 Å². The molecule has 0 aliphatic rings. The van der Waals surface area contributed by atoms with Crippen molar-refractivity contribution in [1.29, 1.82) is 0 Å². The maximum atomic E-state index is 6.08. The zero-order valence-electron chi connectivity index (χ0n) is 11.5. The lowest BCUT2D eigenvalue weighted by molar-refractivity contribution is -0.0139. The Bertz CT molecular complexity index is 156. The van der Waals surface area contributed by atoms with Gasteiger partial charge >= 0.3 is 0 Å². The van der Waals surface area contributed by atoms with Gasteiger partial charge in [-0.25, -0.2) is 0 Å². The molecule has 0 amide bonds. The molecule has 15 heavy (non-hydrogen) atoms. The van der Waals surface area contributed by atoms with Crippen molar-refractivity contribution in [3.05, 3.63) is 0 Å². The molecule has 0 fully saturated rings. The van der Waals surface area contributed by atoms with Crippen LogP contribution in [0.4, 0.5) is 0 Å². The smallest absolute Gasteiger partial charge is 0.187 e. The van der Waals surface area contributed by atoms with E-state index in [9.17, 15) is 0 Å². The largest absolute Gasteiger partial charge is 0.394 e. The summed E-state index contributed by atoms with van der Waals surface area (Å²) in [6.07, 6.45) is 2.40. The molecule has 0 unspecified atom stereocenters. The van der Waals surface area contributed by atoms with E-state index in [4.69, 9.17) is 8.85 Å². The first-order valence-electron chi connectivity index (χ1n) is 6.00. The van der Waals surface area contributed by atoms with Crippen LogP contribution in [0.15, 0.2) is 0 Å². The molecule has 0 rings (SSSR count). The lowest BCUT2D eigenvalue weighted by Gasteiger charge is -2.31. The molecule has 0 aliphatic carbocycles. The van der Waals surface area contributed by atoms with E-state index < -0.39 is 16.6 Å². The molecule has 0 aromatic carbocycles. The van der Waals surface area contributed by atoms with Crippen molar-refractivity contribution in [2.45, 2.75) is 64.5 Å². The van der Waals surface area contributed by atoms with Crippen molar-refractivity contribution in [1.82, 2.24) is 0 Å². The maximum absolute atomic E-state index is 6.08. The van der Waals surface area contributed by atoms with E-state index in [1.807, 2.05) is 0 Å². The van der Waals surface area contributed by atoms with Crippen LogP contribution in [0.1, 0.15) is 12.8 Å². The second kappa shape index (κ2) is 6.34. The molecule has 0 N–H and O–H groups in total. The molecule has 0 aromatic rings. The minimum absolute atomic E-state index is 0.0669. The minimum Gasteiger partial charge on any atom is -0.394 e. The molecule has 0 saturated heterocycles. The highest BCUT2D eigenvalue weighted by Gasteiger charge is 2.26. The third-order valence-corrected chi connectivity index (χ3v) is 4.41. The third kappa shape index (κ3) is 10.8. The third-order valence-electron chi connectivity index (χ3n) is 1.76. The molecule has 0 atom stereocenters. The summed E-state index contributed by atoms with van der Waals surface area (Å²) in [5.41, 5.74) is 0. The Morgan fingerprint density at radius 1 is 0.933 bits per heavy atom. The van der Waals surface area contributed by atoms with Gasteiger partial charge in [-0.05, 0) is 45.7 Å². The van der Waals surface area contributed by atoms with Crippen LogP contribution in [0.3, 0.4) is 0 Å². The standard InChI is InChI=1S/C10H28O2Si3/c1-14(2,3)11-10(8-7-9-13)12-15(4,5)6/h10H,7-9H2,1-6,13H3. The zero-order valence-corrected chi connectivity index (χ0v) is 15.5. The van der Waals surface area contributed by atoms with Gasteiger partial charge in [0.05, 0.1) is 0 Å². The van der Waals surface area contributed by atoms with Gasteiger partial charge in [0.15, 0.2) is 16.6 Å². The normalized spacial score (nSPS) is 13.8. The lowest BCUT2D eigenvalue weighted by Crippen LogP contribution is -2.39. The molecule has 92 valence electrons. The van der Waals surface area contributed by atoms with E-state index in [1.165, 1.54) is 22.7 Å². The van der Waals surface area contributed by atoms with Crippen LogP contribution in [0.2, 0.25) is 45.3 Å². The fourth-order valence-electron chi connectivity index (χ4n) is 1.30. The Morgan fingerprint density at radius 2 is 1.33 bits per heavy atom. The van der Waals surface area contributed by atoms with Crippen LogP contribution in [0.5, 0.6) is 0 Å². The first-order chi connectivity index (χ1) is 6.64. The Morgan fingerprint density at radius 3 is 1.60 bits per heavy atom. The summed E-state index contributed by atoms with van der Waals surface area (Å²) in [6, 6.07) is 1.35. The van der Waals surface area contributed by atoms with Gasteiger partial charge in [0, 0.05) is 10.2 Å². The van der Waals surface area contributed by atoms with Gasteiger partial charge in [-0.2, -0.15) is 0 Å². The van der Waals surface area contributed by atoms with Crippen molar-refractivity contribution in [3.8, 4) is 0 Å². The Labute approximate surface area is 100 Å². The van der Waals surface area contributed by atoms with Crippen LogP contribution < -0.4 is 0 Å². The predicted octanol–water partition coefficient (Wildman–Crippen LogP) is 2.58. The Hall–Kier alpha value is 0.571. The highest BCUT2D eigenvalue weighted by atomic mass is 28.4. The molecular formula is C10H28O2Si3. The number of hydrogen-bond donors (Lipinski definition) is 0. The summed E-state index contributed by atoms with van der Waals surface area (Å²) in [6.45, 7) is 13.4. The second-order valence-electron chi connectivity index (χ2n) is 6.03. The van der Waals surface area contributed by atoms with Crippen molar-refractivity contribution >= 4 is 26.9 Å². The van der Waals surface area contributed by atoms with Crippen molar-refractivity contribution in [3.63, 3.8) is 0 Å². The average molecular weight is 265 g/mol. The molecule has 0 bridgehead atoms. The molecule has 0 aromatic heterocycles. The SMILES string of the molecule is C[Si](C)(C)OC(CCC[SiH3])O[Si](C)(C)C. The predicted molar refractivity (Wildman–Crippen MR) is 76.6 cm³/mol. The van der Waals surface area contributed by atoms with Gasteiger partial charge in [0.1, 0.15) is 6.29 Å². The van der Waals surface area contributed by atoms with E-state index in [1.54, 1.807) is 0 Å². The summed E-state index contributed by atoms with van der Waals surface area (Å²) in [5.74, 6) is 0. The molecule has 0 saturated carbocycles. The van der Waals surface area contributed by atoms with Crippen LogP contribution in [0, 0.1) is 0 Å².